The van der Waals surface area contributed by atoms with Crippen LogP contribution in [0.15, 0.2) is 18.2 Å². The Labute approximate surface area is 88.3 Å². The van der Waals surface area contributed by atoms with E-state index in [-0.39, 0.29) is 6.04 Å². The maximum atomic E-state index is 13.4. The van der Waals surface area contributed by atoms with Crippen molar-refractivity contribution in [1.82, 2.24) is 0 Å². The normalized spacial score (nSPS) is 14.1. The van der Waals surface area contributed by atoms with Crippen LogP contribution in [0.25, 0.3) is 0 Å². The molecule has 0 fully saturated rings. The van der Waals surface area contributed by atoms with Crippen LogP contribution in [0.3, 0.4) is 0 Å². The molecular weight excluding hydrogens is 195 g/mol. The molecule has 0 radical (unpaired) electrons. The molecule has 0 amide bonds. The van der Waals surface area contributed by atoms with Crippen molar-refractivity contribution in [2.24, 2.45) is 5.73 Å². The minimum absolute atomic E-state index is 0.339. The highest BCUT2D eigenvalue weighted by atomic mass is 19.1. The highest BCUT2D eigenvalue weighted by Crippen LogP contribution is 2.21. The quantitative estimate of drug-likeness (QED) is 0.827. The Morgan fingerprint density at radius 2 is 2.13 bits per heavy atom. The summed E-state index contributed by atoms with van der Waals surface area (Å²) < 4.78 is 18.5. The van der Waals surface area contributed by atoms with E-state index in [9.17, 15) is 4.39 Å². The van der Waals surface area contributed by atoms with Gasteiger partial charge < -0.3 is 10.5 Å². The number of nitriles is 1. The molecule has 0 aliphatic rings. The van der Waals surface area contributed by atoms with Gasteiger partial charge in [0.25, 0.3) is 0 Å². The van der Waals surface area contributed by atoms with Gasteiger partial charge in [-0.2, -0.15) is 5.26 Å². The molecule has 0 aliphatic heterocycles. The largest absolute Gasteiger partial charge is 0.476 e. The summed E-state index contributed by atoms with van der Waals surface area (Å²) in [5, 5.41) is 8.52. The molecule has 2 N–H and O–H groups in total. The summed E-state index contributed by atoms with van der Waals surface area (Å²) >= 11 is 0. The minimum Gasteiger partial charge on any atom is -0.476 e. The van der Waals surface area contributed by atoms with Crippen LogP contribution in [0.1, 0.15) is 25.5 Å². The maximum Gasteiger partial charge on any atom is 0.181 e. The molecular formula is C11H13FN2O. The number of nitrogens with two attached hydrogens (primary N) is 1. The number of benzene rings is 1. The summed E-state index contributed by atoms with van der Waals surface area (Å²) in [5.41, 5.74) is 6.00. The molecule has 80 valence electrons. The molecule has 0 saturated heterocycles. The van der Waals surface area contributed by atoms with Crippen molar-refractivity contribution in [2.75, 3.05) is 0 Å². The number of ether oxygens (including phenoxy) is 1. The van der Waals surface area contributed by atoms with Gasteiger partial charge in [0.05, 0.1) is 0 Å². The molecule has 1 aromatic carbocycles. The zero-order valence-electron chi connectivity index (χ0n) is 8.70. The Morgan fingerprint density at radius 3 is 2.60 bits per heavy atom. The molecule has 15 heavy (non-hydrogen) atoms. The molecule has 0 heterocycles. The fourth-order valence-corrected chi connectivity index (χ4v) is 1.18. The van der Waals surface area contributed by atoms with Gasteiger partial charge in [0.1, 0.15) is 17.6 Å². The van der Waals surface area contributed by atoms with Crippen molar-refractivity contribution in [3.05, 3.63) is 29.6 Å². The summed E-state index contributed by atoms with van der Waals surface area (Å²) in [7, 11) is 0. The third-order valence-electron chi connectivity index (χ3n) is 1.96. The number of nitrogens with zero attached hydrogens (tertiary/aromatic N) is 1. The predicted octanol–water partition coefficient (Wildman–Crippen LogP) is 2.14. The molecule has 1 aromatic rings. The number of hydrogen-bond acceptors (Lipinski definition) is 3. The molecule has 0 spiro atoms. The smallest absolute Gasteiger partial charge is 0.181 e. The third-order valence-corrected chi connectivity index (χ3v) is 1.96. The topological polar surface area (TPSA) is 59.0 Å². The van der Waals surface area contributed by atoms with E-state index in [1.165, 1.54) is 6.07 Å². The molecule has 4 heteroatoms. The van der Waals surface area contributed by atoms with E-state index in [0.29, 0.717) is 11.3 Å². The number of halogens is 1. The van der Waals surface area contributed by atoms with Crippen LogP contribution in [-0.2, 0) is 0 Å². The van der Waals surface area contributed by atoms with Crippen LogP contribution >= 0.6 is 0 Å². The molecule has 0 bridgehead atoms. The van der Waals surface area contributed by atoms with Gasteiger partial charge in [-0.25, -0.2) is 4.39 Å². The fraction of sp³-hybridized carbons (Fsp3) is 0.364. The first kappa shape index (κ1) is 11.5. The van der Waals surface area contributed by atoms with E-state index in [0.717, 1.165) is 0 Å². The number of hydrogen-bond donors (Lipinski definition) is 1. The van der Waals surface area contributed by atoms with Crippen molar-refractivity contribution in [1.29, 1.82) is 5.26 Å². The Hall–Kier alpha value is -1.60. The van der Waals surface area contributed by atoms with Gasteiger partial charge >= 0.3 is 0 Å². The Bertz CT molecular complexity index is 385. The SMILES string of the molecule is CC(C#N)Oc1ccc([C@H](C)N)c(F)c1. The number of rotatable bonds is 3. The van der Waals surface area contributed by atoms with Gasteiger partial charge in [-0.3, -0.25) is 0 Å². The monoisotopic (exact) mass is 208 g/mol. The lowest BCUT2D eigenvalue weighted by molar-refractivity contribution is 0.275. The molecule has 3 nitrogen and oxygen atoms in total. The van der Waals surface area contributed by atoms with E-state index >= 15 is 0 Å². The summed E-state index contributed by atoms with van der Waals surface area (Å²) in [6, 6.07) is 5.96. The van der Waals surface area contributed by atoms with Crippen molar-refractivity contribution < 1.29 is 9.13 Å². The minimum atomic E-state index is -0.592. The fourth-order valence-electron chi connectivity index (χ4n) is 1.18. The highest BCUT2D eigenvalue weighted by Gasteiger charge is 2.09. The molecule has 0 aromatic heterocycles. The van der Waals surface area contributed by atoms with E-state index in [4.69, 9.17) is 15.7 Å². The van der Waals surface area contributed by atoms with Crippen LogP contribution in [0, 0.1) is 17.1 Å². The van der Waals surface area contributed by atoms with E-state index in [2.05, 4.69) is 0 Å². The van der Waals surface area contributed by atoms with Crippen molar-refractivity contribution in [3.8, 4) is 11.8 Å². The second kappa shape index (κ2) is 4.76. The first-order valence-corrected chi connectivity index (χ1v) is 4.66. The molecule has 1 rings (SSSR count). The van der Waals surface area contributed by atoms with Gasteiger partial charge in [-0.05, 0) is 19.9 Å². The first-order valence-electron chi connectivity index (χ1n) is 4.66. The zero-order chi connectivity index (χ0) is 11.4. The van der Waals surface area contributed by atoms with Gasteiger partial charge in [-0.15, -0.1) is 0 Å². The van der Waals surface area contributed by atoms with Crippen LogP contribution in [0.4, 0.5) is 4.39 Å². The van der Waals surface area contributed by atoms with Crippen molar-refractivity contribution in [2.45, 2.75) is 26.0 Å². The summed E-state index contributed by atoms with van der Waals surface area (Å²) in [6.45, 7) is 3.30. The van der Waals surface area contributed by atoms with Crippen molar-refractivity contribution in [3.63, 3.8) is 0 Å². The molecule has 2 atom stereocenters. The first-order chi connectivity index (χ1) is 7.04. The average Bonchev–Trinajstić information content (AvgIpc) is 2.17. The lowest BCUT2D eigenvalue weighted by atomic mass is 10.1. The van der Waals surface area contributed by atoms with Crippen LogP contribution in [0.5, 0.6) is 5.75 Å². The second-order valence-electron chi connectivity index (χ2n) is 3.36. The van der Waals surface area contributed by atoms with Crippen LogP contribution in [0.2, 0.25) is 0 Å². The Balaban J connectivity index is 2.88. The standard InChI is InChI=1S/C11H13FN2O/c1-7(6-13)15-9-3-4-10(8(2)14)11(12)5-9/h3-5,7-8H,14H2,1-2H3/t7?,8-/m0/s1. The Kier molecular flexibility index (Phi) is 3.64. The molecule has 0 saturated carbocycles. The van der Waals surface area contributed by atoms with Gasteiger partial charge in [0.15, 0.2) is 6.10 Å². The third kappa shape index (κ3) is 2.93. The van der Waals surface area contributed by atoms with Crippen LogP contribution in [-0.4, -0.2) is 6.10 Å². The maximum absolute atomic E-state index is 13.4. The van der Waals surface area contributed by atoms with Crippen molar-refractivity contribution >= 4 is 0 Å². The molecule has 0 aliphatic carbocycles. The average molecular weight is 208 g/mol. The second-order valence-corrected chi connectivity index (χ2v) is 3.36. The summed E-state index contributed by atoms with van der Waals surface area (Å²) in [4.78, 5) is 0. The zero-order valence-corrected chi connectivity index (χ0v) is 8.70. The lowest BCUT2D eigenvalue weighted by Gasteiger charge is -2.11. The van der Waals surface area contributed by atoms with Gasteiger partial charge in [-0.1, -0.05) is 6.07 Å². The predicted molar refractivity (Wildman–Crippen MR) is 54.7 cm³/mol. The van der Waals surface area contributed by atoms with Gasteiger partial charge in [0, 0.05) is 17.7 Å². The highest BCUT2D eigenvalue weighted by molar-refractivity contribution is 5.30. The van der Waals surface area contributed by atoms with E-state index in [1.807, 2.05) is 6.07 Å². The lowest BCUT2D eigenvalue weighted by Crippen LogP contribution is -2.10. The molecule has 1 unspecified atom stereocenters. The van der Waals surface area contributed by atoms with E-state index < -0.39 is 11.9 Å². The summed E-state index contributed by atoms with van der Waals surface area (Å²) in [6.07, 6.45) is -0.592. The van der Waals surface area contributed by atoms with Crippen LogP contribution < -0.4 is 10.5 Å². The van der Waals surface area contributed by atoms with E-state index in [1.54, 1.807) is 26.0 Å². The van der Waals surface area contributed by atoms with Gasteiger partial charge in [0.2, 0.25) is 0 Å². The summed E-state index contributed by atoms with van der Waals surface area (Å²) in [5.74, 6) is -0.0708. The Morgan fingerprint density at radius 1 is 1.47 bits per heavy atom.